The van der Waals surface area contributed by atoms with Gasteiger partial charge in [-0.1, -0.05) is 32.0 Å². The highest BCUT2D eigenvalue weighted by atomic mass is 19.1. The number of hydrogen-bond acceptors (Lipinski definition) is 2. The highest BCUT2D eigenvalue weighted by Gasteiger charge is 2.14. The Morgan fingerprint density at radius 1 is 1.11 bits per heavy atom. The Morgan fingerprint density at radius 2 is 1.74 bits per heavy atom. The molecule has 0 aliphatic rings. The number of benzene rings is 1. The number of nitrogens with one attached hydrogen (secondary N) is 1. The predicted octanol–water partition coefficient (Wildman–Crippen LogP) is 3.60. The first-order valence-corrected chi connectivity index (χ1v) is 7.36. The van der Waals surface area contributed by atoms with Gasteiger partial charge in [0.2, 0.25) is 0 Å². The van der Waals surface area contributed by atoms with E-state index >= 15 is 0 Å². The second kappa shape index (κ2) is 9.05. The van der Waals surface area contributed by atoms with Gasteiger partial charge in [-0.3, -0.25) is 0 Å². The lowest BCUT2D eigenvalue weighted by Crippen LogP contribution is -2.30. The Bertz CT molecular complexity index is 348. The summed E-state index contributed by atoms with van der Waals surface area (Å²) < 4.78 is 13.8. The Hall–Kier alpha value is -0.930. The van der Waals surface area contributed by atoms with Crippen molar-refractivity contribution in [1.29, 1.82) is 0 Å². The largest absolute Gasteiger partial charge is 0.313 e. The molecule has 0 bridgehead atoms. The Kier molecular flexibility index (Phi) is 7.68. The standard InChI is InChI=1S/C16H27FN2/c1-4-11-19(12-5-2)13-10-16(18-3)14-8-6-7-9-15(14)17/h6-9,16,18H,4-5,10-13H2,1-3H3. The SMILES string of the molecule is CCCN(CCC)CCC(NC)c1ccccc1F. The smallest absolute Gasteiger partial charge is 0.127 e. The topological polar surface area (TPSA) is 15.3 Å². The highest BCUT2D eigenvalue weighted by Crippen LogP contribution is 2.20. The van der Waals surface area contributed by atoms with E-state index in [0.29, 0.717) is 0 Å². The van der Waals surface area contributed by atoms with E-state index in [1.807, 2.05) is 19.2 Å². The van der Waals surface area contributed by atoms with Crippen LogP contribution < -0.4 is 5.32 Å². The fraction of sp³-hybridized carbons (Fsp3) is 0.625. The molecule has 19 heavy (non-hydrogen) atoms. The van der Waals surface area contributed by atoms with Crippen LogP contribution in [0.4, 0.5) is 4.39 Å². The van der Waals surface area contributed by atoms with Gasteiger partial charge in [-0.2, -0.15) is 0 Å². The molecule has 0 fully saturated rings. The fourth-order valence-corrected chi connectivity index (χ4v) is 2.49. The molecule has 0 heterocycles. The van der Waals surface area contributed by atoms with Crippen LogP contribution in [-0.2, 0) is 0 Å². The molecule has 0 saturated carbocycles. The summed E-state index contributed by atoms with van der Waals surface area (Å²) in [6.45, 7) is 7.68. The average molecular weight is 266 g/mol. The summed E-state index contributed by atoms with van der Waals surface area (Å²) in [6.07, 6.45) is 3.28. The molecule has 0 radical (unpaired) electrons. The zero-order valence-electron chi connectivity index (χ0n) is 12.5. The molecule has 0 saturated heterocycles. The van der Waals surface area contributed by atoms with Gasteiger partial charge < -0.3 is 10.2 Å². The van der Waals surface area contributed by atoms with Gasteiger partial charge in [0.25, 0.3) is 0 Å². The molecular formula is C16H27FN2. The summed E-state index contributed by atoms with van der Waals surface area (Å²) in [5.74, 6) is -0.112. The van der Waals surface area contributed by atoms with E-state index in [9.17, 15) is 4.39 Å². The summed E-state index contributed by atoms with van der Waals surface area (Å²) >= 11 is 0. The molecule has 1 rings (SSSR count). The first kappa shape index (κ1) is 16.1. The van der Waals surface area contributed by atoms with Crippen LogP contribution in [0.2, 0.25) is 0 Å². The van der Waals surface area contributed by atoms with Gasteiger partial charge in [-0.05, 0) is 52.0 Å². The van der Waals surface area contributed by atoms with Crippen LogP contribution in [0.3, 0.4) is 0 Å². The summed E-state index contributed by atoms with van der Waals surface area (Å²) in [7, 11) is 1.90. The third kappa shape index (κ3) is 5.29. The van der Waals surface area contributed by atoms with Gasteiger partial charge in [-0.15, -0.1) is 0 Å². The molecule has 0 aromatic heterocycles. The summed E-state index contributed by atoms with van der Waals surface area (Å²) in [6, 6.07) is 7.15. The number of rotatable bonds is 9. The average Bonchev–Trinajstić information content (AvgIpc) is 2.41. The number of halogens is 1. The van der Waals surface area contributed by atoms with Crippen molar-refractivity contribution in [3.63, 3.8) is 0 Å². The van der Waals surface area contributed by atoms with Crippen LogP contribution in [-0.4, -0.2) is 31.6 Å². The lowest BCUT2D eigenvalue weighted by Gasteiger charge is -2.24. The summed E-state index contributed by atoms with van der Waals surface area (Å²) in [5, 5.41) is 3.23. The quantitative estimate of drug-likeness (QED) is 0.734. The minimum Gasteiger partial charge on any atom is -0.313 e. The van der Waals surface area contributed by atoms with Crippen molar-refractivity contribution in [3.05, 3.63) is 35.6 Å². The van der Waals surface area contributed by atoms with E-state index in [1.165, 1.54) is 18.9 Å². The monoisotopic (exact) mass is 266 g/mol. The first-order chi connectivity index (χ1) is 9.22. The predicted molar refractivity (Wildman–Crippen MR) is 79.8 cm³/mol. The van der Waals surface area contributed by atoms with Crippen LogP contribution in [0, 0.1) is 5.82 Å². The third-order valence-electron chi connectivity index (χ3n) is 3.44. The molecule has 0 spiro atoms. The molecule has 0 aliphatic carbocycles. The van der Waals surface area contributed by atoms with Crippen LogP contribution in [0.25, 0.3) is 0 Å². The van der Waals surface area contributed by atoms with Gasteiger partial charge in [-0.25, -0.2) is 4.39 Å². The molecular weight excluding hydrogens is 239 g/mol. The highest BCUT2D eigenvalue weighted by molar-refractivity contribution is 5.21. The van der Waals surface area contributed by atoms with E-state index in [1.54, 1.807) is 6.07 Å². The van der Waals surface area contributed by atoms with Crippen molar-refractivity contribution < 1.29 is 4.39 Å². The Labute approximate surface area is 117 Å². The van der Waals surface area contributed by atoms with Crippen molar-refractivity contribution in [2.24, 2.45) is 0 Å². The molecule has 0 aliphatic heterocycles. The number of hydrogen-bond donors (Lipinski definition) is 1. The van der Waals surface area contributed by atoms with Gasteiger partial charge in [0.15, 0.2) is 0 Å². The maximum absolute atomic E-state index is 13.8. The lowest BCUT2D eigenvalue weighted by molar-refractivity contribution is 0.258. The van der Waals surface area contributed by atoms with Gasteiger partial charge in [0.05, 0.1) is 0 Å². The maximum Gasteiger partial charge on any atom is 0.127 e. The Morgan fingerprint density at radius 3 is 2.26 bits per heavy atom. The van der Waals surface area contributed by atoms with Crippen molar-refractivity contribution in [1.82, 2.24) is 10.2 Å². The summed E-state index contributed by atoms with van der Waals surface area (Å²) in [4.78, 5) is 2.46. The van der Waals surface area contributed by atoms with E-state index in [2.05, 4.69) is 24.1 Å². The van der Waals surface area contributed by atoms with Crippen LogP contribution in [0.15, 0.2) is 24.3 Å². The van der Waals surface area contributed by atoms with E-state index in [-0.39, 0.29) is 11.9 Å². The first-order valence-electron chi connectivity index (χ1n) is 7.36. The van der Waals surface area contributed by atoms with Crippen molar-refractivity contribution in [2.75, 3.05) is 26.7 Å². The second-order valence-corrected chi connectivity index (χ2v) is 4.99. The fourth-order valence-electron chi connectivity index (χ4n) is 2.49. The maximum atomic E-state index is 13.8. The van der Waals surface area contributed by atoms with Crippen molar-refractivity contribution in [3.8, 4) is 0 Å². The molecule has 1 unspecified atom stereocenters. The van der Waals surface area contributed by atoms with Gasteiger partial charge in [0.1, 0.15) is 5.82 Å². The zero-order chi connectivity index (χ0) is 14.1. The lowest BCUT2D eigenvalue weighted by atomic mass is 10.0. The molecule has 0 amide bonds. The van der Waals surface area contributed by atoms with Crippen molar-refractivity contribution >= 4 is 0 Å². The molecule has 2 nitrogen and oxygen atoms in total. The molecule has 108 valence electrons. The van der Waals surface area contributed by atoms with Crippen LogP contribution in [0.1, 0.15) is 44.7 Å². The third-order valence-corrected chi connectivity index (χ3v) is 3.44. The van der Waals surface area contributed by atoms with Gasteiger partial charge in [0, 0.05) is 11.6 Å². The molecule has 1 atom stereocenters. The second-order valence-electron chi connectivity index (χ2n) is 4.99. The van der Waals surface area contributed by atoms with Crippen LogP contribution in [0.5, 0.6) is 0 Å². The molecule has 3 heteroatoms. The van der Waals surface area contributed by atoms with E-state index < -0.39 is 0 Å². The minimum atomic E-state index is -0.112. The number of nitrogens with zero attached hydrogens (tertiary/aromatic N) is 1. The normalized spacial score (nSPS) is 12.9. The van der Waals surface area contributed by atoms with E-state index in [4.69, 9.17) is 0 Å². The zero-order valence-corrected chi connectivity index (χ0v) is 12.5. The molecule has 1 N–H and O–H groups in total. The molecule has 1 aromatic rings. The molecule has 1 aromatic carbocycles. The summed E-state index contributed by atoms with van der Waals surface area (Å²) in [5.41, 5.74) is 0.776. The van der Waals surface area contributed by atoms with Gasteiger partial charge >= 0.3 is 0 Å². The van der Waals surface area contributed by atoms with Crippen molar-refractivity contribution in [2.45, 2.75) is 39.2 Å². The Balaban J connectivity index is 2.59. The minimum absolute atomic E-state index is 0.0948. The van der Waals surface area contributed by atoms with E-state index in [0.717, 1.165) is 31.6 Å². The van der Waals surface area contributed by atoms with Crippen LogP contribution >= 0.6 is 0 Å².